The molecule has 0 saturated carbocycles. The van der Waals surface area contributed by atoms with Crippen molar-refractivity contribution in [2.45, 2.75) is 49.0 Å². The zero-order valence-corrected chi connectivity index (χ0v) is 17.2. The van der Waals surface area contributed by atoms with Crippen molar-refractivity contribution < 1.29 is 78.8 Å². The summed E-state index contributed by atoms with van der Waals surface area (Å²) in [7, 11) is 2.02. The van der Waals surface area contributed by atoms with Crippen LogP contribution >= 0.6 is 17.2 Å². The van der Waals surface area contributed by atoms with Crippen LogP contribution in [0.25, 0.3) is 0 Å². The van der Waals surface area contributed by atoms with Crippen molar-refractivity contribution in [3.8, 4) is 0 Å². The number of halogens is 18. The maximum atomic E-state index is 13.8. The minimum absolute atomic E-state index is 1.06. The van der Waals surface area contributed by atoms with Crippen molar-refractivity contribution in [2.75, 3.05) is 0 Å². The molecule has 0 bridgehead atoms. The van der Waals surface area contributed by atoms with Crippen molar-refractivity contribution >= 4 is 17.2 Å². The van der Waals surface area contributed by atoms with E-state index in [1.165, 1.54) is 0 Å². The van der Waals surface area contributed by atoms with E-state index in [4.69, 9.17) is 0 Å². The molecular weight excluding hydrogens is 562 g/mol. The van der Waals surface area contributed by atoms with E-state index in [-0.39, 0.29) is 0 Å². The third kappa shape index (κ3) is 3.80. The van der Waals surface area contributed by atoms with E-state index in [0.29, 0.717) is 0 Å². The molecule has 1 heterocycles. The summed E-state index contributed by atoms with van der Waals surface area (Å²) in [5.74, 6) is -14.0. The number of alkyl halides is 15. The van der Waals surface area contributed by atoms with E-state index in [1.54, 1.807) is 0 Å². The zero-order valence-electron chi connectivity index (χ0n) is 15.6. The van der Waals surface area contributed by atoms with E-state index < -0.39 is 41.4 Å². The van der Waals surface area contributed by atoms with Gasteiger partial charge in [0.05, 0.1) is 13.6 Å². The predicted octanol–water partition coefficient (Wildman–Crippen LogP) is 7.80. The SMILES string of the molecule is CCn1cc[n+](C)c1.FC(F)(F)C(F)(F)[P-](F)(F)(Cl)(C(F)(F)C(F)(F)F)C(F)(F)C(F)(F)F. The Hall–Kier alpha value is -1.26. The Morgan fingerprint density at radius 2 is 0.970 bits per heavy atom. The summed E-state index contributed by atoms with van der Waals surface area (Å²) in [6, 6.07) is 0. The molecule has 2 nitrogen and oxygen atoms in total. The first-order valence-electron chi connectivity index (χ1n) is 7.60. The first-order chi connectivity index (χ1) is 13.9. The zero-order chi connectivity index (χ0) is 27.4. The van der Waals surface area contributed by atoms with Crippen molar-refractivity contribution in [3.05, 3.63) is 18.7 Å². The topological polar surface area (TPSA) is 8.81 Å². The van der Waals surface area contributed by atoms with Gasteiger partial charge in [0.25, 0.3) is 0 Å². The molecule has 0 aliphatic carbocycles. The normalized spacial score (nSPS) is 17.1. The monoisotopic (exact) mass is 572 g/mol. The third-order valence-electron chi connectivity index (χ3n) is 4.01. The molecule has 33 heavy (non-hydrogen) atoms. The fourth-order valence-corrected chi connectivity index (χ4v) is 5.57. The molecule has 200 valence electrons. The van der Waals surface area contributed by atoms with Gasteiger partial charge in [-0.15, -0.1) is 0 Å². The molecule has 0 aromatic carbocycles. The number of nitrogens with zero attached hydrogens (tertiary/aromatic N) is 2. The molecule has 0 spiro atoms. The summed E-state index contributed by atoms with van der Waals surface area (Å²) in [6.45, 7) is 3.18. The fourth-order valence-electron chi connectivity index (χ4n) is 2.03. The van der Waals surface area contributed by atoms with Gasteiger partial charge in [0.15, 0.2) is 0 Å². The number of hydrogen-bond acceptors (Lipinski definition) is 0. The number of imidazole rings is 1. The molecule has 1 aromatic rings. The van der Waals surface area contributed by atoms with E-state index >= 15 is 0 Å². The van der Waals surface area contributed by atoms with Gasteiger partial charge >= 0.3 is 127 Å². The molecule has 0 aliphatic rings. The van der Waals surface area contributed by atoms with Crippen LogP contribution in [0.1, 0.15) is 6.92 Å². The van der Waals surface area contributed by atoms with Crippen LogP contribution in [0.15, 0.2) is 18.7 Å². The Balaban J connectivity index is 0.00000106. The first-order valence-corrected chi connectivity index (χ1v) is 11.0. The van der Waals surface area contributed by atoms with E-state index in [0.717, 1.165) is 6.54 Å². The van der Waals surface area contributed by atoms with Crippen molar-refractivity contribution in [3.63, 3.8) is 0 Å². The summed E-state index contributed by atoms with van der Waals surface area (Å²) in [6.07, 6.45) is -19.2. The third-order valence-corrected chi connectivity index (χ3v) is 10.3. The average molecular weight is 573 g/mol. The van der Waals surface area contributed by atoms with Crippen molar-refractivity contribution in [1.82, 2.24) is 4.57 Å². The van der Waals surface area contributed by atoms with Crippen LogP contribution in [0.2, 0.25) is 0 Å². The second kappa shape index (κ2) is 7.62. The Morgan fingerprint density at radius 1 is 0.697 bits per heavy atom. The summed E-state index contributed by atoms with van der Waals surface area (Å²) in [4.78, 5) is 0. The van der Waals surface area contributed by atoms with Gasteiger partial charge in [-0.25, -0.2) is 9.13 Å². The molecule has 0 atom stereocenters. The Labute approximate surface area is 176 Å². The van der Waals surface area contributed by atoms with Crippen molar-refractivity contribution in [2.24, 2.45) is 7.05 Å². The number of rotatable bonds is 4. The van der Waals surface area contributed by atoms with Crippen LogP contribution in [0.4, 0.5) is 74.3 Å². The van der Waals surface area contributed by atoms with E-state index in [1.807, 2.05) is 17.8 Å². The quantitative estimate of drug-likeness (QED) is 0.198. The Morgan fingerprint density at radius 3 is 1.09 bits per heavy atom. The van der Waals surface area contributed by atoms with Gasteiger partial charge in [-0.2, -0.15) is 0 Å². The first kappa shape index (κ1) is 31.7. The number of hydrogen-bond donors (Lipinski definition) is 0. The van der Waals surface area contributed by atoms with Crippen LogP contribution in [-0.2, 0) is 13.6 Å². The summed E-state index contributed by atoms with van der Waals surface area (Å²) in [5.41, 5.74) is -28.0. The molecule has 21 heteroatoms. The number of aromatic nitrogens is 2. The molecular formula is C12H11ClF17N2P. The van der Waals surface area contributed by atoms with E-state index in [9.17, 15) is 74.3 Å². The number of aryl methyl sites for hydroxylation is 2. The molecule has 0 aliphatic heterocycles. The van der Waals surface area contributed by atoms with Crippen LogP contribution < -0.4 is 4.57 Å². The van der Waals surface area contributed by atoms with Crippen LogP contribution in [0.3, 0.4) is 0 Å². The van der Waals surface area contributed by atoms with Gasteiger partial charge < -0.3 is 0 Å². The van der Waals surface area contributed by atoms with Crippen LogP contribution in [0, 0.1) is 0 Å². The van der Waals surface area contributed by atoms with Gasteiger partial charge in [0, 0.05) is 0 Å². The second-order valence-electron chi connectivity index (χ2n) is 6.31. The Bertz CT molecular complexity index is 777. The molecule has 1 rings (SSSR count). The van der Waals surface area contributed by atoms with Gasteiger partial charge in [-0.3, -0.25) is 0 Å². The fraction of sp³-hybridized carbons (Fsp3) is 0.750. The maximum absolute atomic E-state index is 14.0. The van der Waals surface area contributed by atoms with Crippen molar-refractivity contribution in [1.29, 1.82) is 0 Å². The molecule has 0 N–H and O–H groups in total. The van der Waals surface area contributed by atoms with Gasteiger partial charge in [-0.1, -0.05) is 0 Å². The summed E-state index contributed by atoms with van der Waals surface area (Å²) < 4.78 is 217. The second-order valence-corrected chi connectivity index (χ2v) is 12.9. The van der Waals surface area contributed by atoms with Crippen LogP contribution in [-0.4, -0.2) is 40.1 Å². The van der Waals surface area contributed by atoms with Gasteiger partial charge in [0.1, 0.15) is 12.4 Å². The summed E-state index contributed by atoms with van der Waals surface area (Å²) in [5, 5.41) is 0. The average Bonchev–Trinajstić information content (AvgIpc) is 2.97. The predicted molar refractivity (Wildman–Crippen MR) is 79.3 cm³/mol. The molecule has 0 radical (unpaired) electrons. The van der Waals surface area contributed by atoms with E-state index in [2.05, 4.69) is 35.3 Å². The molecule has 0 fully saturated rings. The van der Waals surface area contributed by atoms with Gasteiger partial charge in [0.2, 0.25) is 6.33 Å². The standard InChI is InChI=1S/C6ClF17P.C6H11N2/c7-25(23,24,4(17,18)1(8,9)10,5(19,20)2(11,12)13)6(21,22)3(14,15)16;1-3-8-5-4-7(2)6-8/h;4-6H,3H2,1-2H3/q-1;+1. The molecule has 0 unspecified atom stereocenters. The summed E-state index contributed by atoms with van der Waals surface area (Å²) >= 11 is 2.77. The Kier molecular flexibility index (Phi) is 7.33. The molecule has 0 amide bonds. The molecule has 1 aromatic heterocycles. The van der Waals surface area contributed by atoms with Crippen LogP contribution in [0.5, 0.6) is 0 Å². The van der Waals surface area contributed by atoms with Gasteiger partial charge in [-0.05, 0) is 6.92 Å². The minimum atomic E-state index is -14.0. The molecule has 0 saturated heterocycles.